The van der Waals surface area contributed by atoms with Crippen LogP contribution in [-0.2, 0) is 9.53 Å². The number of nitrogens with one attached hydrogen (secondary N) is 2. The van der Waals surface area contributed by atoms with Gasteiger partial charge >= 0.3 is 0 Å². The van der Waals surface area contributed by atoms with Crippen molar-refractivity contribution in [3.63, 3.8) is 0 Å². The number of nitrogens with two attached hydrogens (primary N) is 1. The smallest absolute Gasteiger partial charge is 0.244 e. The number of carbonyl (C=O) groups excluding carboxylic acids is 1. The molecule has 8 nitrogen and oxygen atoms in total. The number of ether oxygens (including phenoxy) is 1. The molecule has 2 aromatic rings. The molecule has 10 heteroatoms. The summed E-state index contributed by atoms with van der Waals surface area (Å²) in [7, 11) is 0. The molecule has 0 bridgehead atoms. The minimum atomic E-state index is -0.731. The number of halogens is 2. The lowest BCUT2D eigenvalue weighted by Crippen LogP contribution is -2.49. The van der Waals surface area contributed by atoms with Crippen molar-refractivity contribution >= 4 is 34.4 Å². The Morgan fingerprint density at radius 3 is 2.97 bits per heavy atom. The molecule has 0 radical (unpaired) electrons. The molecule has 2 aromatic heterocycles. The van der Waals surface area contributed by atoms with Crippen LogP contribution in [0, 0.1) is 0 Å². The van der Waals surface area contributed by atoms with Gasteiger partial charge in [-0.1, -0.05) is 18.2 Å². The number of aromatic nitrogens is 2. The SMILES string of the molecule is C=C/C(F)=C(\N=C(N)c1c[nH]c2ncc(Cl)cc12)N[C@H](C)C(=O)N1CCOCC1. The fourth-order valence-corrected chi connectivity index (χ4v) is 3.10. The van der Waals surface area contributed by atoms with Crippen LogP contribution in [0.1, 0.15) is 12.5 Å². The normalized spacial score (nSPS) is 17.1. The summed E-state index contributed by atoms with van der Waals surface area (Å²) in [5.74, 6) is -1.06. The Morgan fingerprint density at radius 2 is 2.28 bits per heavy atom. The molecule has 1 atom stereocenters. The predicted octanol–water partition coefficient (Wildman–Crippen LogP) is 2.08. The topological polar surface area (TPSA) is 109 Å². The van der Waals surface area contributed by atoms with Gasteiger partial charge in [0.1, 0.15) is 17.5 Å². The molecular weight excluding hydrogens is 399 g/mol. The summed E-state index contributed by atoms with van der Waals surface area (Å²) in [5, 5.41) is 3.88. The van der Waals surface area contributed by atoms with Gasteiger partial charge in [-0.25, -0.2) is 14.4 Å². The Kier molecular flexibility index (Phi) is 6.50. The molecule has 1 amide bonds. The fourth-order valence-electron chi connectivity index (χ4n) is 2.95. The number of hydrogen-bond donors (Lipinski definition) is 3. The molecule has 0 aliphatic carbocycles. The van der Waals surface area contributed by atoms with Crippen LogP contribution in [0.25, 0.3) is 11.0 Å². The highest BCUT2D eigenvalue weighted by atomic mass is 35.5. The molecule has 1 saturated heterocycles. The zero-order valence-corrected chi connectivity index (χ0v) is 16.7. The van der Waals surface area contributed by atoms with Crippen molar-refractivity contribution in [1.82, 2.24) is 20.2 Å². The van der Waals surface area contributed by atoms with Crippen molar-refractivity contribution in [2.45, 2.75) is 13.0 Å². The highest BCUT2D eigenvalue weighted by molar-refractivity contribution is 6.31. The average Bonchev–Trinajstić information content (AvgIpc) is 3.15. The van der Waals surface area contributed by atoms with E-state index in [4.69, 9.17) is 22.1 Å². The predicted molar refractivity (Wildman–Crippen MR) is 110 cm³/mol. The van der Waals surface area contributed by atoms with Crippen molar-refractivity contribution in [2.75, 3.05) is 26.3 Å². The van der Waals surface area contributed by atoms with Crippen LogP contribution in [0.3, 0.4) is 0 Å². The molecule has 3 heterocycles. The standard InChI is InChI=1S/C19H22ClFN6O2/c1-3-15(21)18(25-11(2)19(28)27-4-6-29-7-5-27)26-16(22)14-10-24-17-13(14)8-12(20)9-23-17/h3,8-11,25H,1,4-7H2,2H3,(H2,22,26)(H,23,24)/b18-15+/t11-/m1/s1. The lowest BCUT2D eigenvalue weighted by Gasteiger charge is -2.29. The summed E-state index contributed by atoms with van der Waals surface area (Å²) in [6.45, 7) is 6.99. The van der Waals surface area contributed by atoms with Gasteiger partial charge in [-0.3, -0.25) is 4.79 Å². The number of amides is 1. The Bertz CT molecular complexity index is 980. The van der Waals surface area contributed by atoms with Gasteiger partial charge in [0, 0.05) is 36.4 Å². The van der Waals surface area contributed by atoms with E-state index in [-0.39, 0.29) is 17.6 Å². The summed E-state index contributed by atoms with van der Waals surface area (Å²) in [6, 6.07) is 0.966. The molecule has 1 aliphatic rings. The minimum Gasteiger partial charge on any atom is -0.383 e. The molecule has 1 aliphatic heterocycles. The fraction of sp³-hybridized carbons (Fsp3) is 0.316. The van der Waals surface area contributed by atoms with Gasteiger partial charge in [0.25, 0.3) is 0 Å². The van der Waals surface area contributed by atoms with Crippen molar-refractivity contribution in [1.29, 1.82) is 0 Å². The van der Waals surface area contributed by atoms with Crippen molar-refractivity contribution in [3.05, 3.63) is 53.3 Å². The highest BCUT2D eigenvalue weighted by Gasteiger charge is 2.23. The molecule has 0 unspecified atom stereocenters. The Morgan fingerprint density at radius 1 is 1.55 bits per heavy atom. The van der Waals surface area contributed by atoms with Crippen molar-refractivity contribution in [2.24, 2.45) is 10.7 Å². The van der Waals surface area contributed by atoms with Gasteiger partial charge in [0.05, 0.1) is 18.2 Å². The highest BCUT2D eigenvalue weighted by Crippen LogP contribution is 2.21. The van der Waals surface area contributed by atoms with E-state index in [1.54, 1.807) is 24.1 Å². The van der Waals surface area contributed by atoms with Crippen LogP contribution < -0.4 is 11.1 Å². The Labute approximate surface area is 172 Å². The van der Waals surface area contributed by atoms with Crippen LogP contribution in [0.2, 0.25) is 5.02 Å². The first-order chi connectivity index (χ1) is 13.9. The van der Waals surface area contributed by atoms with Gasteiger partial charge < -0.3 is 25.7 Å². The molecule has 0 saturated carbocycles. The summed E-state index contributed by atoms with van der Waals surface area (Å²) in [6.07, 6.45) is 4.11. The van der Waals surface area contributed by atoms with Gasteiger partial charge in [-0.15, -0.1) is 0 Å². The molecule has 3 rings (SSSR count). The maximum atomic E-state index is 14.4. The number of hydrogen-bond acceptors (Lipinski definition) is 5. The zero-order valence-electron chi connectivity index (χ0n) is 15.9. The molecule has 1 fully saturated rings. The van der Waals surface area contributed by atoms with Gasteiger partial charge in [-0.05, 0) is 19.1 Å². The maximum absolute atomic E-state index is 14.4. The number of amidine groups is 1. The number of H-pyrrole nitrogens is 1. The first-order valence-corrected chi connectivity index (χ1v) is 9.41. The van der Waals surface area contributed by atoms with Gasteiger partial charge in [0.15, 0.2) is 11.6 Å². The van der Waals surface area contributed by atoms with E-state index in [1.165, 1.54) is 6.20 Å². The molecule has 0 aromatic carbocycles. The molecule has 154 valence electrons. The number of carbonyl (C=O) groups is 1. The average molecular weight is 421 g/mol. The summed E-state index contributed by atoms with van der Waals surface area (Å²) < 4.78 is 19.6. The molecule has 29 heavy (non-hydrogen) atoms. The number of aromatic amines is 1. The number of pyridine rings is 1. The van der Waals surface area contributed by atoms with E-state index in [9.17, 15) is 9.18 Å². The minimum absolute atomic E-state index is 0.0332. The van der Waals surface area contributed by atoms with E-state index in [0.29, 0.717) is 47.9 Å². The van der Waals surface area contributed by atoms with Crippen LogP contribution in [0.5, 0.6) is 0 Å². The maximum Gasteiger partial charge on any atom is 0.244 e. The largest absolute Gasteiger partial charge is 0.383 e. The third-order valence-corrected chi connectivity index (χ3v) is 4.66. The molecule has 0 spiro atoms. The third kappa shape index (κ3) is 4.75. The lowest BCUT2D eigenvalue weighted by molar-refractivity contribution is -0.136. The summed E-state index contributed by atoms with van der Waals surface area (Å²) in [5.41, 5.74) is 7.20. The number of fused-ring (bicyclic) bond motifs is 1. The van der Waals surface area contributed by atoms with E-state index in [0.717, 1.165) is 6.08 Å². The second kappa shape index (κ2) is 9.06. The first-order valence-electron chi connectivity index (χ1n) is 9.03. The van der Waals surface area contributed by atoms with Crippen LogP contribution in [0.15, 0.2) is 47.8 Å². The second-order valence-corrected chi connectivity index (χ2v) is 6.89. The number of aliphatic imine (C=N–C) groups is 1. The monoisotopic (exact) mass is 420 g/mol. The first kappa shape index (κ1) is 20.8. The van der Waals surface area contributed by atoms with Crippen LogP contribution in [-0.4, -0.2) is 59.0 Å². The zero-order chi connectivity index (χ0) is 21.0. The second-order valence-electron chi connectivity index (χ2n) is 6.45. The van der Waals surface area contributed by atoms with Gasteiger partial charge in [0.2, 0.25) is 5.91 Å². The van der Waals surface area contributed by atoms with Crippen molar-refractivity contribution < 1.29 is 13.9 Å². The lowest BCUT2D eigenvalue weighted by atomic mass is 10.2. The molecular formula is C19H22ClFN6O2. The van der Waals surface area contributed by atoms with Crippen LogP contribution in [0.4, 0.5) is 4.39 Å². The number of morpholine rings is 1. The summed E-state index contributed by atoms with van der Waals surface area (Å²) >= 11 is 6.01. The Hall–Kier alpha value is -2.91. The van der Waals surface area contributed by atoms with E-state index in [1.807, 2.05) is 0 Å². The summed E-state index contributed by atoms with van der Waals surface area (Å²) in [4.78, 5) is 25.5. The van der Waals surface area contributed by atoms with Crippen molar-refractivity contribution in [3.8, 4) is 0 Å². The number of rotatable bonds is 6. The third-order valence-electron chi connectivity index (χ3n) is 4.46. The quantitative estimate of drug-likeness (QED) is 0.376. The number of nitrogens with zero attached hydrogens (tertiary/aromatic N) is 3. The van der Waals surface area contributed by atoms with Gasteiger partial charge in [-0.2, -0.15) is 0 Å². The van der Waals surface area contributed by atoms with E-state index in [2.05, 4.69) is 26.9 Å². The van der Waals surface area contributed by atoms with E-state index < -0.39 is 11.9 Å². The van der Waals surface area contributed by atoms with Crippen LogP contribution >= 0.6 is 11.6 Å². The van der Waals surface area contributed by atoms with E-state index >= 15 is 0 Å². The number of allylic oxidation sites excluding steroid dienone is 2. The molecule has 4 N–H and O–H groups in total. The Balaban J connectivity index is 1.85.